The molecule has 0 saturated heterocycles. The first-order valence-corrected chi connectivity index (χ1v) is 3.42. The largest absolute Gasteiger partial charge is 0.694 e. The maximum Gasteiger partial charge on any atom is 0.694 e. The van der Waals surface area contributed by atoms with Crippen molar-refractivity contribution in [3.63, 3.8) is 0 Å². The number of hydrogen-bond donors (Lipinski definition) is 3. The standard InChI is InChI=1S/C2H8N2.CH3O3P/c3-1-2-4;1-4-5(2)3/h1-4H2;1H3/p+1. The van der Waals surface area contributed by atoms with Gasteiger partial charge in [0.05, 0.1) is 7.11 Å². The Morgan fingerprint density at radius 3 is 1.78 bits per heavy atom. The molecular weight excluding hydrogens is 143 g/mol. The average Bonchev–Trinajstić information content (AvgIpc) is 1.89. The van der Waals surface area contributed by atoms with Crippen LogP contribution in [0.15, 0.2) is 0 Å². The summed E-state index contributed by atoms with van der Waals surface area (Å²) in [5.74, 6) is 0. The van der Waals surface area contributed by atoms with Crippen molar-refractivity contribution in [1.29, 1.82) is 0 Å². The number of hydrogen-bond acceptors (Lipinski definition) is 4. The normalized spacial score (nSPS) is 9.56. The Bertz CT molecular complexity index is 68.1. The Kier molecular flexibility index (Phi) is 14.1. The minimum Gasteiger partial charge on any atom is -0.329 e. The van der Waals surface area contributed by atoms with E-state index in [0.29, 0.717) is 13.1 Å². The zero-order valence-electron chi connectivity index (χ0n) is 5.28. The molecule has 6 heteroatoms. The van der Waals surface area contributed by atoms with Crippen LogP contribution in [0.5, 0.6) is 0 Å². The lowest BCUT2D eigenvalue weighted by Crippen LogP contribution is -2.11. The van der Waals surface area contributed by atoms with E-state index in [4.69, 9.17) is 16.4 Å². The van der Waals surface area contributed by atoms with Crippen LogP contribution in [0.25, 0.3) is 0 Å². The third-order valence-corrected chi connectivity index (χ3v) is 0.635. The Morgan fingerprint density at radius 2 is 1.78 bits per heavy atom. The SMILES string of the molecule is CO[P+](=O)O.NCCN. The highest BCUT2D eigenvalue weighted by atomic mass is 31.1. The summed E-state index contributed by atoms with van der Waals surface area (Å²) in [6.45, 7) is 1.19. The highest BCUT2D eigenvalue weighted by Crippen LogP contribution is 2.09. The van der Waals surface area contributed by atoms with Gasteiger partial charge in [0, 0.05) is 17.7 Å². The molecule has 0 amide bonds. The van der Waals surface area contributed by atoms with E-state index in [1.807, 2.05) is 0 Å². The molecule has 0 spiro atoms. The summed E-state index contributed by atoms with van der Waals surface area (Å²) in [6.07, 6.45) is 0. The molecule has 0 aromatic rings. The van der Waals surface area contributed by atoms with Crippen LogP contribution in [0.3, 0.4) is 0 Å². The molecule has 1 unspecified atom stereocenters. The van der Waals surface area contributed by atoms with Crippen molar-refractivity contribution in [3.8, 4) is 0 Å². The van der Waals surface area contributed by atoms with E-state index in [2.05, 4.69) is 4.52 Å². The van der Waals surface area contributed by atoms with E-state index in [1.54, 1.807) is 0 Å². The van der Waals surface area contributed by atoms with Gasteiger partial charge in [0.25, 0.3) is 0 Å². The van der Waals surface area contributed by atoms with Gasteiger partial charge in [-0.15, -0.1) is 9.42 Å². The highest BCUT2D eigenvalue weighted by Gasteiger charge is 2.02. The van der Waals surface area contributed by atoms with Gasteiger partial charge in [-0.05, 0) is 0 Å². The van der Waals surface area contributed by atoms with Crippen LogP contribution in [-0.2, 0) is 9.09 Å². The fourth-order valence-corrected chi connectivity index (χ4v) is 0. The molecule has 0 heterocycles. The average molecular weight is 155 g/mol. The lowest BCUT2D eigenvalue weighted by Gasteiger charge is -1.72. The molecule has 0 aliphatic heterocycles. The van der Waals surface area contributed by atoms with Gasteiger partial charge in [-0.1, -0.05) is 0 Å². The molecule has 0 fully saturated rings. The third-order valence-electron chi connectivity index (χ3n) is 0.323. The zero-order valence-corrected chi connectivity index (χ0v) is 6.17. The van der Waals surface area contributed by atoms with Gasteiger partial charge in [-0.25, -0.2) is 0 Å². The van der Waals surface area contributed by atoms with Gasteiger partial charge in [0.15, 0.2) is 0 Å². The van der Waals surface area contributed by atoms with Gasteiger partial charge >= 0.3 is 8.25 Å². The minimum absolute atomic E-state index is 0.597. The molecule has 0 aromatic carbocycles. The summed E-state index contributed by atoms with van der Waals surface area (Å²) in [7, 11) is -1.18. The van der Waals surface area contributed by atoms with E-state index >= 15 is 0 Å². The highest BCUT2D eigenvalue weighted by molar-refractivity contribution is 7.32. The molecule has 0 aromatic heterocycles. The van der Waals surface area contributed by atoms with Crippen LogP contribution >= 0.6 is 8.25 Å². The Hall–Kier alpha value is -0.0600. The van der Waals surface area contributed by atoms with Crippen LogP contribution in [0.4, 0.5) is 0 Å². The van der Waals surface area contributed by atoms with E-state index < -0.39 is 8.25 Å². The van der Waals surface area contributed by atoms with E-state index in [9.17, 15) is 4.57 Å². The van der Waals surface area contributed by atoms with Crippen molar-refractivity contribution >= 4 is 8.25 Å². The second-order valence-electron chi connectivity index (χ2n) is 0.998. The lowest BCUT2D eigenvalue weighted by molar-refractivity contribution is 0.343. The van der Waals surface area contributed by atoms with Crippen LogP contribution < -0.4 is 11.5 Å². The Labute approximate surface area is 54.9 Å². The first kappa shape index (κ1) is 11.7. The molecule has 0 aliphatic rings. The van der Waals surface area contributed by atoms with Crippen molar-refractivity contribution in [2.24, 2.45) is 11.5 Å². The molecule has 5 nitrogen and oxygen atoms in total. The molecule has 1 atom stereocenters. The lowest BCUT2D eigenvalue weighted by atomic mass is 10.7. The van der Waals surface area contributed by atoms with E-state index in [1.165, 1.54) is 7.11 Å². The Balaban J connectivity index is 0. The molecule has 0 saturated carbocycles. The second-order valence-corrected chi connectivity index (χ2v) is 1.84. The van der Waals surface area contributed by atoms with Crippen molar-refractivity contribution in [2.75, 3.05) is 20.2 Å². The van der Waals surface area contributed by atoms with Gasteiger partial charge in [-0.3, -0.25) is 0 Å². The number of rotatable bonds is 2. The summed E-state index contributed by atoms with van der Waals surface area (Å²) >= 11 is 0. The van der Waals surface area contributed by atoms with Crippen LogP contribution in [0.2, 0.25) is 0 Å². The second kappa shape index (κ2) is 10.8. The fourth-order valence-electron chi connectivity index (χ4n) is 0. The Morgan fingerprint density at radius 1 is 1.56 bits per heavy atom. The predicted octanol–water partition coefficient (Wildman–Crippen LogP) is -0.814. The topological polar surface area (TPSA) is 98.6 Å². The van der Waals surface area contributed by atoms with Crippen molar-refractivity contribution < 1.29 is 14.0 Å². The molecule has 0 radical (unpaired) electrons. The van der Waals surface area contributed by atoms with Crippen LogP contribution in [0, 0.1) is 0 Å². The maximum atomic E-state index is 9.29. The van der Waals surface area contributed by atoms with E-state index in [0.717, 1.165) is 0 Å². The fraction of sp³-hybridized carbons (Fsp3) is 1.00. The molecule has 0 rings (SSSR count). The predicted molar refractivity (Wildman–Crippen MR) is 34.9 cm³/mol. The quantitative estimate of drug-likeness (QED) is 0.453. The summed E-state index contributed by atoms with van der Waals surface area (Å²) in [4.78, 5) is 7.65. The minimum atomic E-state index is -2.35. The van der Waals surface area contributed by atoms with Gasteiger partial charge < -0.3 is 11.5 Å². The number of nitrogens with two attached hydrogens (primary N) is 2. The van der Waals surface area contributed by atoms with Crippen LogP contribution in [-0.4, -0.2) is 25.1 Å². The molecular formula is C3H12N2O3P+. The molecule has 5 N–H and O–H groups in total. The smallest absolute Gasteiger partial charge is 0.329 e. The third kappa shape index (κ3) is 32.4. The zero-order chi connectivity index (χ0) is 7.70. The monoisotopic (exact) mass is 155 g/mol. The molecule has 56 valence electrons. The van der Waals surface area contributed by atoms with Gasteiger partial charge in [0.2, 0.25) is 0 Å². The van der Waals surface area contributed by atoms with Crippen molar-refractivity contribution in [1.82, 2.24) is 0 Å². The van der Waals surface area contributed by atoms with Crippen molar-refractivity contribution in [2.45, 2.75) is 0 Å². The van der Waals surface area contributed by atoms with Crippen LogP contribution in [0.1, 0.15) is 0 Å². The van der Waals surface area contributed by atoms with Gasteiger partial charge in [0.1, 0.15) is 0 Å². The molecule has 9 heavy (non-hydrogen) atoms. The summed E-state index contributed by atoms with van der Waals surface area (Å²) < 4.78 is 13.1. The molecule has 0 aliphatic carbocycles. The van der Waals surface area contributed by atoms with Gasteiger partial charge in [-0.2, -0.15) is 0 Å². The summed E-state index contributed by atoms with van der Waals surface area (Å²) in [6, 6.07) is 0. The first-order valence-electron chi connectivity index (χ1n) is 2.29. The molecule has 0 bridgehead atoms. The maximum absolute atomic E-state index is 9.29. The first-order chi connectivity index (χ1) is 4.18. The summed E-state index contributed by atoms with van der Waals surface area (Å²) in [5.41, 5.74) is 9.81. The summed E-state index contributed by atoms with van der Waals surface area (Å²) in [5, 5.41) is 0. The van der Waals surface area contributed by atoms with E-state index in [-0.39, 0.29) is 0 Å². The van der Waals surface area contributed by atoms with Crippen molar-refractivity contribution in [3.05, 3.63) is 0 Å².